The fourth-order valence-corrected chi connectivity index (χ4v) is 3.87. The molecule has 3 rings (SSSR count). The maximum atomic E-state index is 12.5. The number of carbonyl (C=O) groups is 1. The molecular weight excluding hydrogens is 332 g/mol. The minimum atomic E-state index is -0.0720. The molecule has 1 aromatic heterocycles. The number of halogens is 1. The highest BCUT2D eigenvalue weighted by Crippen LogP contribution is 2.31. The lowest BCUT2D eigenvalue weighted by atomic mass is 9.97. The molecule has 0 amide bonds. The van der Waals surface area contributed by atoms with E-state index in [0.717, 1.165) is 28.3 Å². The summed E-state index contributed by atoms with van der Waals surface area (Å²) in [5.74, 6) is 0.701. The minimum Gasteiger partial charge on any atom is -0.295 e. The van der Waals surface area contributed by atoms with Crippen LogP contribution in [0.4, 0.5) is 0 Å². The number of ketones is 1. The number of hydrogen-bond donors (Lipinski definition) is 0. The quantitative estimate of drug-likeness (QED) is 0.796. The summed E-state index contributed by atoms with van der Waals surface area (Å²) in [6, 6.07) is 3.72. The summed E-state index contributed by atoms with van der Waals surface area (Å²) in [5, 5.41) is 0. The van der Waals surface area contributed by atoms with Crippen molar-refractivity contribution in [1.29, 1.82) is 0 Å². The molecule has 5 heteroatoms. The first-order valence-electron chi connectivity index (χ1n) is 7.37. The molecule has 112 valence electrons. The van der Waals surface area contributed by atoms with Crippen LogP contribution in [0.2, 0.25) is 0 Å². The van der Waals surface area contributed by atoms with Crippen molar-refractivity contribution >= 4 is 32.7 Å². The first-order chi connectivity index (χ1) is 9.99. The highest BCUT2D eigenvalue weighted by atomic mass is 79.9. The number of fused-ring (bicyclic) bond motifs is 1. The second kappa shape index (κ2) is 5.44. The van der Waals surface area contributed by atoms with Crippen molar-refractivity contribution in [2.24, 2.45) is 20.0 Å². The Morgan fingerprint density at radius 3 is 2.38 bits per heavy atom. The number of carbonyl (C=O) groups excluding carboxylic acids is 1. The van der Waals surface area contributed by atoms with E-state index in [-0.39, 0.29) is 11.5 Å². The summed E-state index contributed by atoms with van der Waals surface area (Å²) in [5.41, 5.74) is 2.26. The van der Waals surface area contributed by atoms with Crippen LogP contribution in [0.1, 0.15) is 42.5 Å². The second-order valence-electron chi connectivity index (χ2n) is 6.00. The zero-order chi connectivity index (χ0) is 15.1. The predicted molar refractivity (Wildman–Crippen MR) is 86.8 cm³/mol. The first kappa shape index (κ1) is 14.6. The van der Waals surface area contributed by atoms with E-state index in [9.17, 15) is 9.59 Å². The molecule has 1 saturated carbocycles. The third-order valence-corrected chi connectivity index (χ3v) is 5.27. The van der Waals surface area contributed by atoms with Crippen LogP contribution >= 0.6 is 15.9 Å². The third kappa shape index (κ3) is 2.48. The van der Waals surface area contributed by atoms with Crippen LogP contribution in [0.15, 0.2) is 21.4 Å². The van der Waals surface area contributed by atoms with Gasteiger partial charge in [0.25, 0.3) is 0 Å². The SMILES string of the molecule is Cn1c(=O)n(C)c2cc(C(=O)CC3CCCC3)c(Br)cc21. The molecule has 21 heavy (non-hydrogen) atoms. The molecule has 0 radical (unpaired) electrons. The molecule has 1 aromatic carbocycles. The van der Waals surface area contributed by atoms with Gasteiger partial charge in [-0.15, -0.1) is 0 Å². The molecule has 1 heterocycles. The van der Waals surface area contributed by atoms with Gasteiger partial charge in [-0.05, 0) is 34.0 Å². The van der Waals surface area contributed by atoms with Crippen molar-refractivity contribution < 1.29 is 4.79 Å². The topological polar surface area (TPSA) is 44.0 Å². The zero-order valence-electron chi connectivity index (χ0n) is 12.4. The standard InChI is InChI=1S/C16H19BrN2O2/c1-18-13-8-11(15(20)7-10-5-3-4-6-10)12(17)9-14(13)19(2)16(18)21/h8-10H,3-7H2,1-2H3. The molecule has 0 atom stereocenters. The molecule has 1 fully saturated rings. The van der Waals surface area contributed by atoms with E-state index >= 15 is 0 Å². The van der Waals surface area contributed by atoms with Gasteiger partial charge in [0.15, 0.2) is 5.78 Å². The van der Waals surface area contributed by atoms with Crippen LogP contribution in [-0.2, 0) is 14.1 Å². The number of imidazole rings is 1. The predicted octanol–water partition coefficient (Wildman–Crippen LogP) is 3.40. The number of nitrogens with zero attached hydrogens (tertiary/aromatic N) is 2. The molecule has 0 saturated heterocycles. The summed E-state index contributed by atoms with van der Waals surface area (Å²) < 4.78 is 3.97. The van der Waals surface area contributed by atoms with Crippen LogP contribution in [0, 0.1) is 5.92 Å². The molecule has 0 spiro atoms. The fourth-order valence-electron chi connectivity index (χ4n) is 3.32. The van der Waals surface area contributed by atoms with Crippen molar-refractivity contribution in [3.63, 3.8) is 0 Å². The Morgan fingerprint density at radius 1 is 1.19 bits per heavy atom. The fraction of sp³-hybridized carbons (Fsp3) is 0.500. The van der Waals surface area contributed by atoms with Gasteiger partial charge in [0.05, 0.1) is 11.0 Å². The lowest BCUT2D eigenvalue weighted by molar-refractivity contribution is 0.0961. The molecule has 0 N–H and O–H groups in total. The number of aromatic nitrogens is 2. The van der Waals surface area contributed by atoms with Crippen molar-refractivity contribution in [3.8, 4) is 0 Å². The van der Waals surface area contributed by atoms with Crippen LogP contribution in [0.25, 0.3) is 11.0 Å². The van der Waals surface area contributed by atoms with Crippen molar-refractivity contribution in [3.05, 3.63) is 32.7 Å². The van der Waals surface area contributed by atoms with E-state index in [1.165, 1.54) is 12.8 Å². The average Bonchev–Trinajstić information content (AvgIpc) is 3.03. The Bertz CT molecular complexity index is 767. The summed E-state index contributed by atoms with van der Waals surface area (Å²) in [4.78, 5) is 24.5. The molecular formula is C16H19BrN2O2. The maximum Gasteiger partial charge on any atom is 0.328 e. The van der Waals surface area contributed by atoms with Gasteiger partial charge in [-0.2, -0.15) is 0 Å². The Hall–Kier alpha value is -1.36. The van der Waals surface area contributed by atoms with E-state index in [0.29, 0.717) is 17.9 Å². The number of hydrogen-bond acceptors (Lipinski definition) is 2. The summed E-state index contributed by atoms with van der Waals surface area (Å²) >= 11 is 3.49. The zero-order valence-corrected chi connectivity index (χ0v) is 13.9. The molecule has 4 nitrogen and oxygen atoms in total. The monoisotopic (exact) mass is 350 g/mol. The largest absolute Gasteiger partial charge is 0.328 e. The molecule has 1 aliphatic rings. The van der Waals surface area contributed by atoms with E-state index < -0.39 is 0 Å². The van der Waals surface area contributed by atoms with Crippen LogP contribution in [-0.4, -0.2) is 14.9 Å². The van der Waals surface area contributed by atoms with E-state index in [1.807, 2.05) is 12.1 Å². The number of aryl methyl sites for hydroxylation is 2. The lowest BCUT2D eigenvalue weighted by Gasteiger charge is -2.09. The van der Waals surface area contributed by atoms with Crippen LogP contribution < -0.4 is 5.69 Å². The lowest BCUT2D eigenvalue weighted by Crippen LogP contribution is -2.19. The Kier molecular flexibility index (Phi) is 3.78. The van der Waals surface area contributed by atoms with Gasteiger partial charge in [0.2, 0.25) is 0 Å². The maximum absolute atomic E-state index is 12.5. The van der Waals surface area contributed by atoms with E-state index in [4.69, 9.17) is 0 Å². The van der Waals surface area contributed by atoms with Gasteiger partial charge < -0.3 is 0 Å². The molecule has 0 bridgehead atoms. The van der Waals surface area contributed by atoms with Crippen LogP contribution in [0.3, 0.4) is 0 Å². The molecule has 0 aliphatic heterocycles. The molecule has 1 aliphatic carbocycles. The Morgan fingerprint density at radius 2 is 1.76 bits per heavy atom. The number of Topliss-reactive ketones (excluding diaryl/α,β-unsaturated/α-hetero) is 1. The van der Waals surface area contributed by atoms with Gasteiger partial charge in [0, 0.05) is 30.6 Å². The highest BCUT2D eigenvalue weighted by molar-refractivity contribution is 9.10. The smallest absolute Gasteiger partial charge is 0.295 e. The van der Waals surface area contributed by atoms with Crippen LogP contribution in [0.5, 0.6) is 0 Å². The van der Waals surface area contributed by atoms with Gasteiger partial charge in [-0.1, -0.05) is 25.7 Å². The highest BCUT2D eigenvalue weighted by Gasteiger charge is 2.22. The van der Waals surface area contributed by atoms with Gasteiger partial charge in [0.1, 0.15) is 0 Å². The van der Waals surface area contributed by atoms with Crippen molar-refractivity contribution in [2.45, 2.75) is 32.1 Å². The molecule has 2 aromatic rings. The van der Waals surface area contributed by atoms with E-state index in [2.05, 4.69) is 15.9 Å². The second-order valence-corrected chi connectivity index (χ2v) is 6.85. The number of rotatable bonds is 3. The third-order valence-electron chi connectivity index (χ3n) is 4.61. The summed E-state index contributed by atoms with van der Waals surface area (Å²) in [7, 11) is 3.49. The normalized spacial score (nSPS) is 16.0. The summed E-state index contributed by atoms with van der Waals surface area (Å²) in [6.07, 6.45) is 5.42. The Balaban J connectivity index is 2.02. The van der Waals surface area contributed by atoms with Crippen molar-refractivity contribution in [1.82, 2.24) is 9.13 Å². The van der Waals surface area contributed by atoms with Crippen molar-refractivity contribution in [2.75, 3.05) is 0 Å². The molecule has 0 unspecified atom stereocenters. The summed E-state index contributed by atoms with van der Waals surface area (Å²) in [6.45, 7) is 0. The minimum absolute atomic E-state index is 0.0720. The van der Waals surface area contributed by atoms with Gasteiger partial charge in [-0.3, -0.25) is 13.9 Å². The first-order valence-corrected chi connectivity index (χ1v) is 8.16. The van der Waals surface area contributed by atoms with E-state index in [1.54, 1.807) is 23.2 Å². The van der Waals surface area contributed by atoms with Gasteiger partial charge in [-0.25, -0.2) is 4.79 Å². The average molecular weight is 351 g/mol. The van der Waals surface area contributed by atoms with Gasteiger partial charge >= 0.3 is 5.69 Å². The number of benzene rings is 1. The Labute approximate surface area is 131 Å².